The number of hydrogen-bond donors (Lipinski definition) is 0. The molecule has 0 saturated heterocycles. The summed E-state index contributed by atoms with van der Waals surface area (Å²) in [7, 11) is 0. The second-order valence-electron chi connectivity index (χ2n) is 3.73. The molecule has 16 heavy (non-hydrogen) atoms. The molecule has 0 aliphatic heterocycles. The molecule has 0 N–H and O–H groups in total. The Bertz CT molecular complexity index is 480. The van der Waals surface area contributed by atoms with E-state index in [-0.39, 0.29) is 0 Å². The highest BCUT2D eigenvalue weighted by molar-refractivity contribution is 6.33. The normalized spacial score (nSPS) is 10.4. The Kier molecular flexibility index (Phi) is 3.58. The molecular weight excluding hydrogens is 218 g/mol. The van der Waals surface area contributed by atoms with Crippen LogP contribution in [-0.2, 0) is 6.42 Å². The number of nitrogens with zero attached hydrogens (tertiary/aromatic N) is 1. The molecule has 0 aliphatic carbocycles. The van der Waals surface area contributed by atoms with Crippen molar-refractivity contribution in [2.75, 3.05) is 0 Å². The summed E-state index contributed by atoms with van der Waals surface area (Å²) in [5, 5.41) is 0.785. The summed E-state index contributed by atoms with van der Waals surface area (Å²) in [6, 6.07) is 11.9. The first kappa shape index (κ1) is 11.2. The average molecular weight is 232 g/mol. The highest BCUT2D eigenvalue weighted by Crippen LogP contribution is 2.29. The number of aryl methyl sites for hydroxylation is 1. The lowest BCUT2D eigenvalue weighted by molar-refractivity contribution is 0.885. The van der Waals surface area contributed by atoms with Crippen LogP contribution < -0.4 is 0 Å². The summed E-state index contributed by atoms with van der Waals surface area (Å²) < 4.78 is 0. The van der Waals surface area contributed by atoms with E-state index in [0.717, 1.165) is 34.7 Å². The fraction of sp³-hybridized carbons (Fsp3) is 0.214. The quantitative estimate of drug-likeness (QED) is 0.765. The highest BCUT2D eigenvalue weighted by Gasteiger charge is 2.07. The zero-order valence-corrected chi connectivity index (χ0v) is 10.0. The molecule has 0 atom stereocenters. The maximum Gasteiger partial charge on any atom is 0.0485 e. The summed E-state index contributed by atoms with van der Waals surface area (Å²) in [5.41, 5.74) is 3.34. The van der Waals surface area contributed by atoms with Gasteiger partial charge in [-0.15, -0.1) is 0 Å². The number of rotatable bonds is 3. The van der Waals surface area contributed by atoms with Gasteiger partial charge in [0, 0.05) is 28.0 Å². The Morgan fingerprint density at radius 1 is 1.06 bits per heavy atom. The Morgan fingerprint density at radius 3 is 2.56 bits per heavy atom. The van der Waals surface area contributed by atoms with Gasteiger partial charge in [-0.05, 0) is 18.6 Å². The van der Waals surface area contributed by atoms with E-state index in [9.17, 15) is 0 Å². The van der Waals surface area contributed by atoms with E-state index in [0.29, 0.717) is 0 Å². The van der Waals surface area contributed by atoms with Crippen molar-refractivity contribution < 1.29 is 0 Å². The Labute approximate surface area is 101 Å². The molecule has 0 unspecified atom stereocenters. The molecule has 1 aromatic carbocycles. The molecule has 0 bridgehead atoms. The standard InChI is InChI=1S/C14H14ClN/c1-2-6-14-12(8-5-10-16-14)11-7-3-4-9-13(11)15/h3-5,7-10H,2,6H2,1H3. The largest absolute Gasteiger partial charge is 0.261 e. The van der Waals surface area contributed by atoms with Gasteiger partial charge in [-0.1, -0.05) is 49.2 Å². The fourth-order valence-electron chi connectivity index (χ4n) is 1.80. The van der Waals surface area contributed by atoms with Gasteiger partial charge in [-0.25, -0.2) is 0 Å². The van der Waals surface area contributed by atoms with Crippen LogP contribution in [0.15, 0.2) is 42.6 Å². The molecule has 1 nitrogen and oxygen atoms in total. The summed E-state index contributed by atoms with van der Waals surface area (Å²) in [6.45, 7) is 2.16. The lowest BCUT2D eigenvalue weighted by Gasteiger charge is -2.09. The second kappa shape index (κ2) is 5.13. The van der Waals surface area contributed by atoms with Crippen molar-refractivity contribution in [1.29, 1.82) is 0 Å². The van der Waals surface area contributed by atoms with Crippen molar-refractivity contribution in [1.82, 2.24) is 4.98 Å². The summed E-state index contributed by atoms with van der Waals surface area (Å²) >= 11 is 6.20. The van der Waals surface area contributed by atoms with Gasteiger partial charge in [0.05, 0.1) is 0 Å². The van der Waals surface area contributed by atoms with Gasteiger partial charge in [0.1, 0.15) is 0 Å². The van der Waals surface area contributed by atoms with Crippen LogP contribution in [0.3, 0.4) is 0 Å². The first-order valence-corrected chi connectivity index (χ1v) is 5.89. The zero-order chi connectivity index (χ0) is 11.4. The average Bonchev–Trinajstić information content (AvgIpc) is 2.31. The number of pyridine rings is 1. The molecular formula is C14H14ClN. The minimum atomic E-state index is 0.785. The molecule has 1 heterocycles. The number of hydrogen-bond acceptors (Lipinski definition) is 1. The molecule has 2 rings (SSSR count). The van der Waals surface area contributed by atoms with E-state index in [1.165, 1.54) is 0 Å². The van der Waals surface area contributed by atoms with Crippen LogP contribution in [0, 0.1) is 0 Å². The van der Waals surface area contributed by atoms with Crippen LogP contribution >= 0.6 is 11.6 Å². The molecule has 2 heteroatoms. The van der Waals surface area contributed by atoms with Gasteiger partial charge < -0.3 is 0 Å². The van der Waals surface area contributed by atoms with Crippen LogP contribution in [0.25, 0.3) is 11.1 Å². The predicted octanol–water partition coefficient (Wildman–Crippen LogP) is 4.35. The Morgan fingerprint density at radius 2 is 1.81 bits per heavy atom. The maximum atomic E-state index is 6.20. The van der Waals surface area contributed by atoms with Gasteiger partial charge >= 0.3 is 0 Å². The fourth-order valence-corrected chi connectivity index (χ4v) is 2.04. The SMILES string of the molecule is CCCc1ncccc1-c1ccccc1Cl. The molecule has 0 radical (unpaired) electrons. The van der Waals surface area contributed by atoms with Gasteiger partial charge in [0.25, 0.3) is 0 Å². The number of benzene rings is 1. The van der Waals surface area contributed by atoms with Crippen molar-refractivity contribution >= 4 is 11.6 Å². The molecule has 0 amide bonds. The van der Waals surface area contributed by atoms with E-state index in [4.69, 9.17) is 11.6 Å². The molecule has 1 aromatic heterocycles. The van der Waals surface area contributed by atoms with Crippen molar-refractivity contribution in [3.63, 3.8) is 0 Å². The van der Waals surface area contributed by atoms with E-state index in [1.54, 1.807) is 0 Å². The Balaban J connectivity index is 2.51. The van der Waals surface area contributed by atoms with Crippen molar-refractivity contribution in [2.45, 2.75) is 19.8 Å². The number of aromatic nitrogens is 1. The van der Waals surface area contributed by atoms with E-state index in [2.05, 4.69) is 18.0 Å². The minimum absolute atomic E-state index is 0.785. The molecule has 0 fully saturated rings. The van der Waals surface area contributed by atoms with Gasteiger partial charge in [-0.2, -0.15) is 0 Å². The molecule has 0 spiro atoms. The van der Waals surface area contributed by atoms with E-state index >= 15 is 0 Å². The smallest absolute Gasteiger partial charge is 0.0485 e. The lowest BCUT2D eigenvalue weighted by atomic mass is 10.0. The van der Waals surface area contributed by atoms with Crippen molar-refractivity contribution in [3.8, 4) is 11.1 Å². The second-order valence-corrected chi connectivity index (χ2v) is 4.13. The minimum Gasteiger partial charge on any atom is -0.261 e. The summed E-state index contributed by atoms with van der Waals surface area (Å²) in [6.07, 6.45) is 3.92. The van der Waals surface area contributed by atoms with Crippen molar-refractivity contribution in [3.05, 3.63) is 53.3 Å². The topological polar surface area (TPSA) is 12.9 Å². The van der Waals surface area contributed by atoms with Crippen LogP contribution in [0.1, 0.15) is 19.0 Å². The number of halogens is 1. The van der Waals surface area contributed by atoms with Crippen molar-refractivity contribution in [2.24, 2.45) is 0 Å². The highest BCUT2D eigenvalue weighted by atomic mass is 35.5. The third-order valence-electron chi connectivity index (χ3n) is 2.54. The third-order valence-corrected chi connectivity index (χ3v) is 2.87. The van der Waals surface area contributed by atoms with Gasteiger partial charge in [0.15, 0.2) is 0 Å². The molecule has 82 valence electrons. The van der Waals surface area contributed by atoms with Crippen LogP contribution in [0.2, 0.25) is 5.02 Å². The predicted molar refractivity (Wildman–Crippen MR) is 68.7 cm³/mol. The summed E-state index contributed by atoms with van der Waals surface area (Å²) in [4.78, 5) is 4.43. The Hall–Kier alpha value is -1.34. The van der Waals surface area contributed by atoms with Crippen LogP contribution in [0.4, 0.5) is 0 Å². The lowest BCUT2D eigenvalue weighted by Crippen LogP contribution is -1.93. The monoisotopic (exact) mass is 231 g/mol. The molecule has 0 aliphatic rings. The van der Waals surface area contributed by atoms with E-state index < -0.39 is 0 Å². The van der Waals surface area contributed by atoms with E-state index in [1.807, 2.05) is 36.5 Å². The van der Waals surface area contributed by atoms with Crippen LogP contribution in [-0.4, -0.2) is 4.98 Å². The first-order valence-electron chi connectivity index (χ1n) is 5.51. The zero-order valence-electron chi connectivity index (χ0n) is 9.28. The molecule has 2 aromatic rings. The van der Waals surface area contributed by atoms with Gasteiger partial charge in [0.2, 0.25) is 0 Å². The third kappa shape index (κ3) is 2.25. The van der Waals surface area contributed by atoms with Crippen LogP contribution in [0.5, 0.6) is 0 Å². The maximum absolute atomic E-state index is 6.20. The van der Waals surface area contributed by atoms with Gasteiger partial charge in [-0.3, -0.25) is 4.98 Å². The summed E-state index contributed by atoms with van der Waals surface area (Å²) in [5.74, 6) is 0. The first-order chi connectivity index (χ1) is 7.83. The molecule has 0 saturated carbocycles.